The van der Waals surface area contributed by atoms with E-state index >= 15 is 0 Å². The standard InChI is InChI=1S/C18H24N2O2/c1-12(2)19-18(21)17-11-14-10-15(4-5-16(14)22-17)20-8-6-13(3)7-9-20/h4-5,10-13H,6-9H2,1-3H3,(H,19,21). The summed E-state index contributed by atoms with van der Waals surface area (Å²) in [6, 6.07) is 8.12. The Morgan fingerprint density at radius 2 is 2.00 bits per heavy atom. The first-order valence-corrected chi connectivity index (χ1v) is 8.12. The number of fused-ring (bicyclic) bond motifs is 1. The number of piperidine rings is 1. The first-order valence-electron chi connectivity index (χ1n) is 8.12. The lowest BCUT2D eigenvalue weighted by atomic mass is 9.99. The molecule has 1 aliphatic heterocycles. The molecule has 0 unspecified atom stereocenters. The van der Waals surface area contributed by atoms with Crippen molar-refractivity contribution in [1.82, 2.24) is 5.32 Å². The third-order valence-corrected chi connectivity index (χ3v) is 4.29. The maximum absolute atomic E-state index is 12.0. The van der Waals surface area contributed by atoms with E-state index in [1.54, 1.807) is 0 Å². The Labute approximate surface area is 131 Å². The predicted octanol–water partition coefficient (Wildman–Crippen LogP) is 3.81. The number of nitrogens with zero attached hydrogens (tertiary/aromatic N) is 1. The molecule has 1 amide bonds. The molecule has 118 valence electrons. The molecule has 4 heteroatoms. The number of nitrogens with one attached hydrogen (secondary N) is 1. The van der Waals surface area contributed by atoms with Crippen molar-refractivity contribution in [2.24, 2.45) is 5.92 Å². The molecule has 1 N–H and O–H groups in total. The van der Waals surface area contributed by atoms with Crippen LogP contribution in [0.5, 0.6) is 0 Å². The third kappa shape index (κ3) is 3.11. The number of hydrogen-bond acceptors (Lipinski definition) is 3. The normalized spacial score (nSPS) is 16.5. The van der Waals surface area contributed by atoms with Crippen molar-refractivity contribution in [2.45, 2.75) is 39.7 Å². The van der Waals surface area contributed by atoms with E-state index in [0.29, 0.717) is 5.76 Å². The first-order chi connectivity index (χ1) is 10.5. The van der Waals surface area contributed by atoms with Crippen molar-refractivity contribution in [2.75, 3.05) is 18.0 Å². The molecule has 3 rings (SSSR count). The lowest BCUT2D eigenvalue weighted by Gasteiger charge is -2.32. The van der Waals surface area contributed by atoms with Crippen LogP contribution in [-0.2, 0) is 0 Å². The van der Waals surface area contributed by atoms with Crippen LogP contribution in [0, 0.1) is 5.92 Å². The van der Waals surface area contributed by atoms with Crippen molar-refractivity contribution in [3.05, 3.63) is 30.0 Å². The molecule has 0 saturated carbocycles. The molecular weight excluding hydrogens is 276 g/mol. The largest absolute Gasteiger partial charge is 0.451 e. The van der Waals surface area contributed by atoms with Crippen LogP contribution in [0.15, 0.2) is 28.7 Å². The highest BCUT2D eigenvalue weighted by Crippen LogP contribution is 2.28. The summed E-state index contributed by atoms with van der Waals surface area (Å²) in [5.41, 5.74) is 1.99. The summed E-state index contributed by atoms with van der Waals surface area (Å²) in [7, 11) is 0. The fourth-order valence-electron chi connectivity index (χ4n) is 2.94. The van der Waals surface area contributed by atoms with E-state index in [1.807, 2.05) is 26.0 Å². The van der Waals surface area contributed by atoms with E-state index in [9.17, 15) is 4.79 Å². The molecule has 1 saturated heterocycles. The fourth-order valence-corrected chi connectivity index (χ4v) is 2.94. The van der Waals surface area contributed by atoms with Gasteiger partial charge >= 0.3 is 0 Å². The molecule has 0 bridgehead atoms. The molecule has 0 aliphatic carbocycles. The third-order valence-electron chi connectivity index (χ3n) is 4.29. The number of carbonyl (C=O) groups is 1. The molecule has 2 heterocycles. The maximum Gasteiger partial charge on any atom is 0.287 e. The van der Waals surface area contributed by atoms with Gasteiger partial charge in [-0.05, 0) is 56.9 Å². The summed E-state index contributed by atoms with van der Waals surface area (Å²) < 4.78 is 5.66. The number of carbonyl (C=O) groups excluding carboxylic acids is 1. The van der Waals surface area contributed by atoms with Gasteiger partial charge in [0.15, 0.2) is 5.76 Å². The Kier molecular flexibility index (Phi) is 4.10. The summed E-state index contributed by atoms with van der Waals surface area (Å²) in [6.45, 7) is 8.40. The number of amides is 1. The van der Waals surface area contributed by atoms with Gasteiger partial charge in [0.05, 0.1) is 0 Å². The summed E-state index contributed by atoms with van der Waals surface area (Å²) in [6.07, 6.45) is 2.48. The Morgan fingerprint density at radius 3 is 2.68 bits per heavy atom. The smallest absolute Gasteiger partial charge is 0.287 e. The van der Waals surface area contributed by atoms with Crippen LogP contribution in [0.2, 0.25) is 0 Å². The Balaban J connectivity index is 1.82. The lowest BCUT2D eigenvalue weighted by Crippen LogP contribution is -2.32. The van der Waals surface area contributed by atoms with Crippen molar-refractivity contribution in [3.63, 3.8) is 0 Å². The second-order valence-corrected chi connectivity index (χ2v) is 6.63. The minimum atomic E-state index is -0.153. The second-order valence-electron chi connectivity index (χ2n) is 6.63. The lowest BCUT2D eigenvalue weighted by molar-refractivity contribution is 0.0917. The number of rotatable bonds is 3. The summed E-state index contributed by atoms with van der Waals surface area (Å²) in [4.78, 5) is 14.4. The van der Waals surface area contributed by atoms with Crippen molar-refractivity contribution >= 4 is 22.6 Å². The van der Waals surface area contributed by atoms with E-state index < -0.39 is 0 Å². The van der Waals surface area contributed by atoms with Gasteiger partial charge in [0.25, 0.3) is 5.91 Å². The Hall–Kier alpha value is -1.97. The van der Waals surface area contributed by atoms with Gasteiger partial charge in [-0.15, -0.1) is 0 Å². The fraction of sp³-hybridized carbons (Fsp3) is 0.500. The first kappa shape index (κ1) is 14.9. The molecule has 0 atom stereocenters. The van der Waals surface area contributed by atoms with Crippen molar-refractivity contribution in [1.29, 1.82) is 0 Å². The molecule has 1 aliphatic rings. The molecule has 1 aromatic carbocycles. The minimum Gasteiger partial charge on any atom is -0.451 e. The minimum absolute atomic E-state index is 0.103. The van der Waals surface area contributed by atoms with Gasteiger partial charge in [-0.3, -0.25) is 4.79 Å². The van der Waals surface area contributed by atoms with Crippen LogP contribution < -0.4 is 10.2 Å². The highest BCUT2D eigenvalue weighted by molar-refractivity contribution is 5.96. The summed E-state index contributed by atoms with van der Waals surface area (Å²) in [5.74, 6) is 1.05. The topological polar surface area (TPSA) is 45.5 Å². The van der Waals surface area contributed by atoms with E-state index in [4.69, 9.17) is 4.42 Å². The summed E-state index contributed by atoms with van der Waals surface area (Å²) in [5, 5.41) is 3.85. The van der Waals surface area contributed by atoms with Crippen LogP contribution in [0.25, 0.3) is 11.0 Å². The van der Waals surface area contributed by atoms with Gasteiger partial charge in [-0.2, -0.15) is 0 Å². The monoisotopic (exact) mass is 300 g/mol. The van der Waals surface area contributed by atoms with Gasteiger partial charge in [-0.1, -0.05) is 6.92 Å². The molecule has 22 heavy (non-hydrogen) atoms. The zero-order valence-electron chi connectivity index (χ0n) is 13.6. The average Bonchev–Trinajstić information content (AvgIpc) is 2.90. The molecule has 1 aromatic heterocycles. The van der Waals surface area contributed by atoms with Crippen LogP contribution in [-0.4, -0.2) is 25.0 Å². The van der Waals surface area contributed by atoms with Crippen LogP contribution in [0.4, 0.5) is 5.69 Å². The average molecular weight is 300 g/mol. The van der Waals surface area contributed by atoms with Gasteiger partial charge in [-0.25, -0.2) is 0 Å². The van der Waals surface area contributed by atoms with Gasteiger partial charge in [0.2, 0.25) is 0 Å². The van der Waals surface area contributed by atoms with Crippen molar-refractivity contribution < 1.29 is 9.21 Å². The Bertz CT molecular complexity index is 667. The quantitative estimate of drug-likeness (QED) is 0.937. The highest BCUT2D eigenvalue weighted by Gasteiger charge is 2.18. The molecule has 4 nitrogen and oxygen atoms in total. The summed E-state index contributed by atoms with van der Waals surface area (Å²) >= 11 is 0. The van der Waals surface area contributed by atoms with Crippen LogP contribution in [0.3, 0.4) is 0 Å². The maximum atomic E-state index is 12.0. The molecule has 2 aromatic rings. The number of benzene rings is 1. The van der Waals surface area contributed by atoms with E-state index in [2.05, 4.69) is 29.3 Å². The van der Waals surface area contributed by atoms with Crippen LogP contribution >= 0.6 is 0 Å². The molecular formula is C18H24N2O2. The molecule has 1 fully saturated rings. The van der Waals surface area contributed by atoms with E-state index in [1.165, 1.54) is 18.5 Å². The van der Waals surface area contributed by atoms with E-state index in [-0.39, 0.29) is 11.9 Å². The van der Waals surface area contributed by atoms with Gasteiger partial charge in [0.1, 0.15) is 5.58 Å². The second kappa shape index (κ2) is 6.03. The van der Waals surface area contributed by atoms with E-state index in [0.717, 1.165) is 30.0 Å². The number of anilines is 1. The molecule has 0 spiro atoms. The SMILES string of the molecule is CC1CCN(c2ccc3oc(C(=O)NC(C)C)cc3c2)CC1. The van der Waals surface area contributed by atoms with Crippen LogP contribution in [0.1, 0.15) is 44.2 Å². The molecule has 0 radical (unpaired) electrons. The highest BCUT2D eigenvalue weighted by atomic mass is 16.3. The van der Waals surface area contributed by atoms with Crippen molar-refractivity contribution in [3.8, 4) is 0 Å². The number of furan rings is 1. The number of hydrogen-bond donors (Lipinski definition) is 1. The Morgan fingerprint density at radius 1 is 1.27 bits per heavy atom. The van der Waals surface area contributed by atoms with Gasteiger partial charge < -0.3 is 14.6 Å². The predicted molar refractivity (Wildman–Crippen MR) is 89.4 cm³/mol. The zero-order valence-corrected chi connectivity index (χ0v) is 13.6. The zero-order chi connectivity index (χ0) is 15.7. The van der Waals surface area contributed by atoms with Gasteiger partial charge in [0, 0.05) is 30.2 Å².